The zero-order chi connectivity index (χ0) is 24.2. The van der Waals surface area contributed by atoms with Crippen LogP contribution in [0.4, 0.5) is 4.39 Å². The lowest BCUT2D eigenvalue weighted by Gasteiger charge is -2.30. The van der Waals surface area contributed by atoms with Crippen molar-refractivity contribution >= 4 is 16.7 Å². The maximum atomic E-state index is 14.1. The van der Waals surface area contributed by atoms with Gasteiger partial charge >= 0.3 is 0 Å². The van der Waals surface area contributed by atoms with E-state index in [9.17, 15) is 9.18 Å². The molecule has 3 aliphatic rings. The molecule has 35 heavy (non-hydrogen) atoms. The van der Waals surface area contributed by atoms with Crippen LogP contribution < -0.4 is 0 Å². The molecule has 3 fully saturated rings. The predicted molar refractivity (Wildman–Crippen MR) is 132 cm³/mol. The largest absolute Gasteiger partial charge is 0.361 e. The normalized spacial score (nSPS) is 28.5. The Kier molecular flexibility index (Phi) is 5.78. The summed E-state index contributed by atoms with van der Waals surface area (Å²) in [5.74, 6) is 2.68. The Hall–Kier alpha value is -2.54. The molecule has 0 N–H and O–H groups in total. The molecule has 7 heteroatoms. The van der Waals surface area contributed by atoms with Gasteiger partial charge in [-0.05, 0) is 62.1 Å². The number of Topliss-reactive ketones (excluding diaryl/α,β-unsaturated/α-hetero) is 1. The van der Waals surface area contributed by atoms with Gasteiger partial charge in [0, 0.05) is 61.6 Å². The predicted octanol–water partition coefficient (Wildman–Crippen LogP) is 5.31. The summed E-state index contributed by atoms with van der Waals surface area (Å²) in [4.78, 5) is 15.7. The van der Waals surface area contributed by atoms with E-state index in [0.717, 1.165) is 43.4 Å². The molecule has 2 aliphatic carbocycles. The van der Waals surface area contributed by atoms with Crippen LogP contribution in [0.1, 0.15) is 73.7 Å². The number of fused-ring (bicyclic) bond motifs is 2. The molecule has 3 aromatic rings. The highest BCUT2D eigenvalue weighted by Gasteiger charge is 2.62. The third-order valence-corrected chi connectivity index (χ3v) is 8.97. The first-order chi connectivity index (χ1) is 16.9. The summed E-state index contributed by atoms with van der Waals surface area (Å²) >= 11 is 0. The van der Waals surface area contributed by atoms with E-state index < -0.39 is 0 Å². The number of likely N-dealkylation sites (tertiary alicyclic amines) is 1. The van der Waals surface area contributed by atoms with Gasteiger partial charge in [-0.25, -0.2) is 4.39 Å². The van der Waals surface area contributed by atoms with E-state index in [-0.39, 0.29) is 22.5 Å². The van der Waals surface area contributed by atoms with Gasteiger partial charge in [0.05, 0.1) is 5.69 Å². The number of hydrogen-bond acceptors (Lipinski definition) is 5. The molecule has 3 heterocycles. The van der Waals surface area contributed by atoms with E-state index in [1.54, 1.807) is 24.0 Å². The zero-order valence-electron chi connectivity index (χ0n) is 20.8. The van der Waals surface area contributed by atoms with Gasteiger partial charge in [0.2, 0.25) is 0 Å². The molecule has 6 rings (SSSR count). The van der Waals surface area contributed by atoms with Crippen molar-refractivity contribution in [3.05, 3.63) is 47.2 Å². The average Bonchev–Trinajstić information content (AvgIpc) is 3.24. The molecule has 0 spiro atoms. The molecule has 0 amide bonds. The molecule has 6 nitrogen and oxygen atoms in total. The Labute approximate surface area is 205 Å². The summed E-state index contributed by atoms with van der Waals surface area (Å²) in [5.41, 5.74) is 2.33. The number of ketones is 1. The fourth-order valence-electron chi connectivity index (χ4n) is 6.76. The number of aromatic nitrogens is 3. The molecule has 2 saturated carbocycles. The Morgan fingerprint density at radius 1 is 1.23 bits per heavy atom. The van der Waals surface area contributed by atoms with Crippen LogP contribution in [0, 0.1) is 23.6 Å². The number of benzene rings is 1. The quantitative estimate of drug-likeness (QED) is 0.411. The van der Waals surface area contributed by atoms with Crippen LogP contribution in [0.2, 0.25) is 0 Å². The summed E-state index contributed by atoms with van der Waals surface area (Å²) in [6.45, 7) is 5.59. The molecule has 2 atom stereocenters. The monoisotopic (exact) mass is 478 g/mol. The van der Waals surface area contributed by atoms with Crippen LogP contribution in [-0.2, 0) is 18.9 Å². The van der Waals surface area contributed by atoms with E-state index in [1.165, 1.54) is 50.5 Å². The van der Waals surface area contributed by atoms with Crippen molar-refractivity contribution in [2.45, 2.75) is 63.7 Å². The molecular weight excluding hydrogens is 443 g/mol. The highest BCUT2D eigenvalue weighted by molar-refractivity contribution is 6.07. The zero-order valence-corrected chi connectivity index (χ0v) is 20.8. The first kappa shape index (κ1) is 22.9. The van der Waals surface area contributed by atoms with E-state index in [0.29, 0.717) is 23.3 Å². The molecule has 0 radical (unpaired) electrons. The molecule has 1 aromatic carbocycles. The average molecular weight is 479 g/mol. The van der Waals surface area contributed by atoms with Gasteiger partial charge in [-0.3, -0.25) is 9.48 Å². The molecule has 0 bridgehead atoms. The Morgan fingerprint density at radius 2 is 2.03 bits per heavy atom. The van der Waals surface area contributed by atoms with E-state index in [2.05, 4.69) is 28.1 Å². The van der Waals surface area contributed by atoms with Gasteiger partial charge in [0.1, 0.15) is 11.3 Å². The SMILES string of the molecule is CCc1cc([C@]23C[C@H]2CN(CCC2CCC(CC(=O)c4ccc(F)c5nn(C)cc45)CC2)C3)no1. The molecule has 186 valence electrons. The lowest BCUT2D eigenvalue weighted by atomic mass is 9.78. The van der Waals surface area contributed by atoms with Crippen molar-refractivity contribution < 1.29 is 13.7 Å². The standard InChI is InChI=1S/C28H35FN4O2/c1-3-21-13-26(31-35-21)28-14-20(28)15-33(17-28)11-10-18-4-6-19(7-5-18)12-25(34)22-8-9-24(29)27-23(22)16-32(2)30-27/h8-9,13,16,18-20H,3-7,10-12,14-15,17H2,1-2H3/t18?,19?,20-,28-/m0/s1. The Balaban J connectivity index is 0.979. The van der Waals surface area contributed by atoms with Crippen molar-refractivity contribution in [3.63, 3.8) is 0 Å². The smallest absolute Gasteiger partial charge is 0.163 e. The van der Waals surface area contributed by atoms with Crippen LogP contribution in [-0.4, -0.2) is 45.3 Å². The summed E-state index contributed by atoms with van der Waals surface area (Å²) in [7, 11) is 1.76. The number of aryl methyl sites for hydroxylation is 2. The third-order valence-electron chi connectivity index (χ3n) is 8.97. The highest BCUT2D eigenvalue weighted by atomic mass is 19.1. The summed E-state index contributed by atoms with van der Waals surface area (Å²) < 4.78 is 21.1. The number of nitrogens with zero attached hydrogens (tertiary/aromatic N) is 4. The second-order valence-electron chi connectivity index (χ2n) is 11.3. The Morgan fingerprint density at radius 3 is 2.80 bits per heavy atom. The fraction of sp³-hybridized carbons (Fsp3) is 0.607. The van der Waals surface area contributed by atoms with Crippen LogP contribution in [0.3, 0.4) is 0 Å². The second kappa shape index (κ2) is 8.84. The van der Waals surface area contributed by atoms with Gasteiger partial charge < -0.3 is 9.42 Å². The lowest BCUT2D eigenvalue weighted by molar-refractivity contribution is 0.0942. The van der Waals surface area contributed by atoms with Gasteiger partial charge in [0.25, 0.3) is 0 Å². The van der Waals surface area contributed by atoms with Crippen LogP contribution >= 0.6 is 0 Å². The maximum absolute atomic E-state index is 14.1. The minimum atomic E-state index is -0.370. The van der Waals surface area contributed by atoms with Crippen molar-refractivity contribution in [1.82, 2.24) is 19.8 Å². The molecule has 2 aromatic heterocycles. The number of carbonyl (C=O) groups excluding carboxylic acids is 1. The lowest BCUT2D eigenvalue weighted by Crippen LogP contribution is -2.29. The van der Waals surface area contributed by atoms with Crippen LogP contribution in [0.5, 0.6) is 0 Å². The topological polar surface area (TPSA) is 64.2 Å². The third kappa shape index (κ3) is 4.22. The number of rotatable bonds is 8. The molecule has 1 saturated heterocycles. The van der Waals surface area contributed by atoms with E-state index in [1.807, 2.05) is 0 Å². The van der Waals surface area contributed by atoms with Gasteiger partial charge in [-0.2, -0.15) is 5.10 Å². The minimum absolute atomic E-state index is 0.118. The summed E-state index contributed by atoms with van der Waals surface area (Å²) in [6, 6.07) is 5.18. The molecule has 1 aliphatic heterocycles. The number of carbonyl (C=O) groups is 1. The van der Waals surface area contributed by atoms with E-state index in [4.69, 9.17) is 4.52 Å². The molecule has 0 unspecified atom stereocenters. The van der Waals surface area contributed by atoms with Gasteiger partial charge in [0.15, 0.2) is 11.6 Å². The highest BCUT2D eigenvalue weighted by Crippen LogP contribution is 2.58. The number of halogens is 1. The fourth-order valence-corrected chi connectivity index (χ4v) is 6.76. The Bertz CT molecular complexity index is 1240. The van der Waals surface area contributed by atoms with Crippen molar-refractivity contribution in [1.29, 1.82) is 0 Å². The van der Waals surface area contributed by atoms with Crippen LogP contribution in [0.25, 0.3) is 10.9 Å². The molecular formula is C28H35FN4O2. The van der Waals surface area contributed by atoms with Crippen molar-refractivity contribution in [2.24, 2.45) is 24.8 Å². The maximum Gasteiger partial charge on any atom is 0.163 e. The first-order valence-electron chi connectivity index (χ1n) is 13.3. The number of hydrogen-bond donors (Lipinski definition) is 0. The minimum Gasteiger partial charge on any atom is -0.361 e. The summed E-state index contributed by atoms with van der Waals surface area (Å²) in [5, 5.41) is 9.20. The van der Waals surface area contributed by atoms with Crippen LogP contribution in [0.15, 0.2) is 28.9 Å². The number of piperidine rings is 1. The van der Waals surface area contributed by atoms with Crippen molar-refractivity contribution in [2.75, 3.05) is 19.6 Å². The van der Waals surface area contributed by atoms with Gasteiger partial charge in [-0.15, -0.1) is 0 Å². The first-order valence-corrected chi connectivity index (χ1v) is 13.3. The van der Waals surface area contributed by atoms with Crippen molar-refractivity contribution in [3.8, 4) is 0 Å². The summed E-state index contributed by atoms with van der Waals surface area (Å²) in [6.07, 6.45) is 10.3. The van der Waals surface area contributed by atoms with Gasteiger partial charge in [-0.1, -0.05) is 24.9 Å². The van der Waals surface area contributed by atoms with E-state index >= 15 is 0 Å². The second-order valence-corrected chi connectivity index (χ2v) is 11.3.